The van der Waals surface area contributed by atoms with E-state index in [1.807, 2.05) is 56.3 Å². The minimum atomic E-state index is -0.256. The van der Waals surface area contributed by atoms with Gasteiger partial charge in [-0.2, -0.15) is 4.98 Å². The van der Waals surface area contributed by atoms with Gasteiger partial charge in [0.2, 0.25) is 17.6 Å². The molecular weight excluding hydrogens is 382 g/mol. The van der Waals surface area contributed by atoms with Crippen LogP contribution in [0.15, 0.2) is 59.1 Å². The maximum atomic E-state index is 12.4. The second kappa shape index (κ2) is 8.36. The van der Waals surface area contributed by atoms with Crippen LogP contribution in [0.3, 0.4) is 0 Å². The van der Waals surface area contributed by atoms with Gasteiger partial charge in [0, 0.05) is 35.9 Å². The van der Waals surface area contributed by atoms with Gasteiger partial charge in [-0.15, -0.1) is 0 Å². The predicted molar refractivity (Wildman–Crippen MR) is 113 cm³/mol. The number of hydrogen-bond acceptors (Lipinski definition) is 5. The summed E-state index contributed by atoms with van der Waals surface area (Å²) < 4.78 is 5.45. The zero-order valence-corrected chi connectivity index (χ0v) is 16.8. The number of carbonyl (C=O) groups is 2. The lowest BCUT2D eigenvalue weighted by molar-refractivity contribution is -0.117. The Balaban J connectivity index is 1.43. The second-order valence-corrected chi connectivity index (χ2v) is 7.53. The zero-order valence-electron chi connectivity index (χ0n) is 16.8. The van der Waals surface area contributed by atoms with Crippen LogP contribution in [-0.4, -0.2) is 34.7 Å². The van der Waals surface area contributed by atoms with Crippen LogP contribution in [0.4, 0.5) is 16.2 Å². The Morgan fingerprint density at radius 2 is 1.87 bits per heavy atom. The molecule has 0 aliphatic carbocycles. The van der Waals surface area contributed by atoms with E-state index in [2.05, 4.69) is 20.8 Å². The van der Waals surface area contributed by atoms with Crippen molar-refractivity contribution in [1.82, 2.24) is 15.5 Å². The number of hydrogen-bond donors (Lipinski definition) is 2. The number of rotatable bonds is 5. The molecule has 3 aromatic rings. The van der Waals surface area contributed by atoms with Gasteiger partial charge in [0.05, 0.1) is 5.92 Å². The highest BCUT2D eigenvalue weighted by atomic mass is 16.5. The highest BCUT2D eigenvalue weighted by molar-refractivity contribution is 5.96. The standard InChI is InChI=1S/C22H23N5O3/c1-14(2)23-22(29)24-17-10-8-15(9-11-17)20-25-21(30-26-20)16-12-19(28)27(13-16)18-6-4-3-5-7-18/h3-11,14,16H,12-13H2,1-2H3,(H2,23,24,29)/t16-/m1/s1. The minimum Gasteiger partial charge on any atom is -0.339 e. The van der Waals surface area contributed by atoms with Gasteiger partial charge in [-0.05, 0) is 50.2 Å². The number of urea groups is 1. The van der Waals surface area contributed by atoms with E-state index >= 15 is 0 Å². The Labute approximate surface area is 174 Å². The maximum absolute atomic E-state index is 12.4. The minimum absolute atomic E-state index is 0.0426. The van der Waals surface area contributed by atoms with Gasteiger partial charge in [0.1, 0.15) is 0 Å². The van der Waals surface area contributed by atoms with Crippen molar-refractivity contribution in [2.24, 2.45) is 0 Å². The van der Waals surface area contributed by atoms with E-state index in [4.69, 9.17) is 4.52 Å². The largest absolute Gasteiger partial charge is 0.339 e. The van der Waals surface area contributed by atoms with Gasteiger partial charge in [-0.25, -0.2) is 4.79 Å². The number of aromatic nitrogens is 2. The van der Waals surface area contributed by atoms with Crippen LogP contribution in [-0.2, 0) is 4.79 Å². The number of carbonyl (C=O) groups excluding carboxylic acids is 2. The quantitative estimate of drug-likeness (QED) is 0.673. The molecule has 1 aliphatic heterocycles. The molecule has 2 N–H and O–H groups in total. The molecule has 1 aromatic heterocycles. The summed E-state index contributed by atoms with van der Waals surface area (Å²) in [6.07, 6.45) is 0.338. The van der Waals surface area contributed by atoms with Crippen molar-refractivity contribution in [3.8, 4) is 11.4 Å². The third kappa shape index (κ3) is 4.32. The lowest BCUT2D eigenvalue weighted by Crippen LogP contribution is -2.34. The summed E-state index contributed by atoms with van der Waals surface area (Å²) >= 11 is 0. The van der Waals surface area contributed by atoms with Crippen molar-refractivity contribution in [2.75, 3.05) is 16.8 Å². The van der Waals surface area contributed by atoms with Crippen LogP contribution >= 0.6 is 0 Å². The molecule has 1 fully saturated rings. The van der Waals surface area contributed by atoms with Gasteiger partial charge in [-0.1, -0.05) is 23.4 Å². The Hall–Kier alpha value is -3.68. The first-order valence-corrected chi connectivity index (χ1v) is 9.86. The van der Waals surface area contributed by atoms with Crippen molar-refractivity contribution >= 4 is 23.3 Å². The first-order valence-electron chi connectivity index (χ1n) is 9.86. The summed E-state index contributed by atoms with van der Waals surface area (Å²) in [5, 5.41) is 9.61. The molecule has 2 heterocycles. The number of anilines is 2. The molecule has 0 spiro atoms. The fourth-order valence-electron chi connectivity index (χ4n) is 3.38. The first kappa shape index (κ1) is 19.6. The maximum Gasteiger partial charge on any atom is 0.319 e. The molecule has 1 saturated heterocycles. The highest BCUT2D eigenvalue weighted by Gasteiger charge is 2.35. The molecule has 0 unspecified atom stereocenters. The van der Waals surface area contributed by atoms with Gasteiger partial charge in [0.15, 0.2) is 0 Å². The molecule has 0 saturated carbocycles. The van der Waals surface area contributed by atoms with Crippen molar-refractivity contribution in [3.63, 3.8) is 0 Å². The fourth-order valence-corrected chi connectivity index (χ4v) is 3.38. The summed E-state index contributed by atoms with van der Waals surface area (Å²) in [4.78, 5) is 30.5. The van der Waals surface area contributed by atoms with E-state index in [0.717, 1.165) is 11.3 Å². The molecular formula is C22H23N5O3. The van der Waals surface area contributed by atoms with E-state index in [-0.39, 0.29) is 23.9 Å². The van der Waals surface area contributed by atoms with Crippen LogP contribution in [0.5, 0.6) is 0 Å². The molecule has 0 radical (unpaired) electrons. The molecule has 2 aromatic carbocycles. The summed E-state index contributed by atoms with van der Waals surface area (Å²) in [5.41, 5.74) is 2.30. The number of nitrogens with zero attached hydrogens (tertiary/aromatic N) is 3. The van der Waals surface area contributed by atoms with Crippen LogP contribution in [0.25, 0.3) is 11.4 Å². The lowest BCUT2D eigenvalue weighted by atomic mass is 10.1. The lowest BCUT2D eigenvalue weighted by Gasteiger charge is -2.15. The average Bonchev–Trinajstić information content (AvgIpc) is 3.35. The third-order valence-corrected chi connectivity index (χ3v) is 4.80. The van der Waals surface area contributed by atoms with Crippen molar-refractivity contribution in [2.45, 2.75) is 32.2 Å². The zero-order chi connectivity index (χ0) is 21.1. The Kier molecular flexibility index (Phi) is 5.47. The van der Waals surface area contributed by atoms with Gasteiger partial charge in [0.25, 0.3) is 0 Å². The molecule has 8 heteroatoms. The molecule has 8 nitrogen and oxygen atoms in total. The second-order valence-electron chi connectivity index (χ2n) is 7.53. The first-order chi connectivity index (χ1) is 14.5. The molecule has 154 valence electrons. The molecule has 1 atom stereocenters. The normalized spacial score (nSPS) is 16.2. The number of nitrogens with one attached hydrogen (secondary N) is 2. The number of amides is 3. The summed E-state index contributed by atoms with van der Waals surface area (Å²) in [6, 6.07) is 16.6. The topological polar surface area (TPSA) is 100 Å². The average molecular weight is 405 g/mol. The molecule has 4 rings (SSSR count). The van der Waals surface area contributed by atoms with E-state index < -0.39 is 0 Å². The Morgan fingerprint density at radius 3 is 2.57 bits per heavy atom. The van der Waals surface area contributed by atoms with Crippen molar-refractivity contribution in [1.29, 1.82) is 0 Å². The number of para-hydroxylation sites is 1. The monoisotopic (exact) mass is 405 g/mol. The predicted octanol–water partition coefficient (Wildman–Crippen LogP) is 3.79. The van der Waals surface area contributed by atoms with Crippen LogP contribution < -0.4 is 15.5 Å². The Bertz CT molecular complexity index is 1030. The van der Waals surface area contributed by atoms with E-state index in [1.165, 1.54) is 0 Å². The number of benzene rings is 2. The summed E-state index contributed by atoms with van der Waals surface area (Å²) in [6.45, 7) is 4.30. The smallest absolute Gasteiger partial charge is 0.319 e. The van der Waals surface area contributed by atoms with Crippen LogP contribution in [0.1, 0.15) is 32.1 Å². The molecule has 0 bridgehead atoms. The van der Waals surface area contributed by atoms with E-state index in [1.54, 1.807) is 17.0 Å². The fraction of sp³-hybridized carbons (Fsp3) is 0.273. The van der Waals surface area contributed by atoms with Gasteiger partial charge >= 0.3 is 6.03 Å². The van der Waals surface area contributed by atoms with E-state index in [0.29, 0.717) is 30.4 Å². The SMILES string of the molecule is CC(C)NC(=O)Nc1ccc(-c2noc([C@@H]3CC(=O)N(c4ccccc4)C3)n2)cc1. The van der Waals surface area contributed by atoms with Crippen LogP contribution in [0.2, 0.25) is 0 Å². The summed E-state index contributed by atoms with van der Waals surface area (Å²) in [5.74, 6) is 0.810. The van der Waals surface area contributed by atoms with Gasteiger partial charge in [-0.3, -0.25) is 4.79 Å². The van der Waals surface area contributed by atoms with Crippen molar-refractivity contribution in [3.05, 3.63) is 60.5 Å². The van der Waals surface area contributed by atoms with Crippen molar-refractivity contribution < 1.29 is 14.1 Å². The van der Waals surface area contributed by atoms with Crippen LogP contribution in [0, 0.1) is 0 Å². The van der Waals surface area contributed by atoms with E-state index in [9.17, 15) is 9.59 Å². The molecule has 30 heavy (non-hydrogen) atoms. The Morgan fingerprint density at radius 1 is 1.13 bits per heavy atom. The molecule has 1 aliphatic rings. The third-order valence-electron chi connectivity index (χ3n) is 4.80. The highest BCUT2D eigenvalue weighted by Crippen LogP contribution is 2.32. The van der Waals surface area contributed by atoms with Gasteiger partial charge < -0.3 is 20.1 Å². The molecule has 3 amide bonds. The summed E-state index contributed by atoms with van der Waals surface area (Å²) in [7, 11) is 0.